The third kappa shape index (κ3) is 2.74. The molecule has 2 N–H and O–H groups in total. The first-order valence-electron chi connectivity index (χ1n) is 5.50. The fourth-order valence-corrected chi connectivity index (χ4v) is 1.85. The first kappa shape index (κ1) is 12.3. The summed E-state index contributed by atoms with van der Waals surface area (Å²) in [4.78, 5) is 16.1. The van der Waals surface area contributed by atoms with E-state index < -0.39 is 0 Å². The molecule has 2 heterocycles. The van der Waals surface area contributed by atoms with Gasteiger partial charge < -0.3 is 10.3 Å². The van der Waals surface area contributed by atoms with Crippen molar-refractivity contribution in [3.8, 4) is 11.6 Å². The maximum Gasteiger partial charge on any atom is 0.197 e. The van der Waals surface area contributed by atoms with E-state index in [1.807, 2.05) is 6.92 Å². The normalized spacial score (nSPS) is 10.5. The average molecular weight is 343 g/mol. The molecule has 6 heteroatoms. The Bertz CT molecular complexity index is 495. The Morgan fingerprint density at radius 2 is 2.24 bits per heavy atom. The number of anilines is 1. The highest BCUT2D eigenvalue weighted by molar-refractivity contribution is 14.1. The zero-order valence-corrected chi connectivity index (χ0v) is 11.9. The van der Waals surface area contributed by atoms with Gasteiger partial charge in [0, 0.05) is 18.9 Å². The molecule has 0 aliphatic carbocycles. The molecule has 0 bridgehead atoms. The predicted molar refractivity (Wildman–Crippen MR) is 75.8 cm³/mol. The molecule has 0 saturated heterocycles. The topological polar surface area (TPSA) is 66.5 Å². The van der Waals surface area contributed by atoms with Crippen molar-refractivity contribution in [3.63, 3.8) is 0 Å². The lowest BCUT2D eigenvalue weighted by Gasteiger charge is -2.09. The molecule has 0 aliphatic rings. The molecule has 2 aromatic rings. The number of imidazole rings is 1. The van der Waals surface area contributed by atoms with E-state index >= 15 is 0 Å². The van der Waals surface area contributed by atoms with Crippen LogP contribution >= 0.6 is 22.6 Å². The predicted octanol–water partition coefficient (Wildman–Crippen LogP) is 2.60. The first-order chi connectivity index (χ1) is 8.22. The molecule has 0 saturated carbocycles. The van der Waals surface area contributed by atoms with E-state index in [0.29, 0.717) is 11.6 Å². The molecule has 0 amide bonds. The van der Waals surface area contributed by atoms with Crippen LogP contribution in [0.3, 0.4) is 0 Å². The van der Waals surface area contributed by atoms with Gasteiger partial charge in [0.25, 0.3) is 0 Å². The molecule has 5 nitrogen and oxygen atoms in total. The maximum atomic E-state index is 4.49. The van der Waals surface area contributed by atoms with Gasteiger partial charge in [-0.05, 0) is 35.9 Å². The molecule has 0 unspecified atom stereocenters. The van der Waals surface area contributed by atoms with Crippen molar-refractivity contribution in [2.75, 3.05) is 11.9 Å². The van der Waals surface area contributed by atoms with Crippen molar-refractivity contribution in [2.24, 2.45) is 0 Å². The number of rotatable bonds is 4. The van der Waals surface area contributed by atoms with Gasteiger partial charge in [0.1, 0.15) is 5.82 Å². The van der Waals surface area contributed by atoms with Crippen molar-refractivity contribution >= 4 is 28.4 Å². The van der Waals surface area contributed by atoms with Gasteiger partial charge in [-0.15, -0.1) is 0 Å². The standard InChI is InChI=1S/C11H14IN5/c1-3-4-13-9-8(12)7(2)16-11(17-9)10-14-5-6-15-10/h5-6H,3-4H2,1-2H3,(H,14,15)(H,13,16,17). The van der Waals surface area contributed by atoms with Crippen LogP contribution in [0.5, 0.6) is 0 Å². The highest BCUT2D eigenvalue weighted by Gasteiger charge is 2.11. The van der Waals surface area contributed by atoms with Crippen LogP contribution in [0.4, 0.5) is 5.82 Å². The van der Waals surface area contributed by atoms with Gasteiger partial charge in [0.05, 0.1) is 9.26 Å². The Kier molecular flexibility index (Phi) is 3.93. The average Bonchev–Trinajstić information content (AvgIpc) is 2.84. The quantitative estimate of drug-likeness (QED) is 0.838. The Morgan fingerprint density at radius 1 is 1.41 bits per heavy atom. The molecule has 0 fully saturated rings. The summed E-state index contributed by atoms with van der Waals surface area (Å²) in [5, 5.41) is 3.31. The van der Waals surface area contributed by atoms with Gasteiger partial charge in [0.15, 0.2) is 11.6 Å². The number of halogens is 1. The lowest BCUT2D eigenvalue weighted by molar-refractivity contribution is 0.955. The summed E-state index contributed by atoms with van der Waals surface area (Å²) >= 11 is 2.26. The van der Waals surface area contributed by atoms with E-state index in [2.05, 4.69) is 54.8 Å². The van der Waals surface area contributed by atoms with E-state index in [4.69, 9.17) is 0 Å². The molecule has 2 aromatic heterocycles. The van der Waals surface area contributed by atoms with Gasteiger partial charge >= 0.3 is 0 Å². The lowest BCUT2D eigenvalue weighted by Crippen LogP contribution is -2.08. The van der Waals surface area contributed by atoms with E-state index in [0.717, 1.165) is 28.0 Å². The van der Waals surface area contributed by atoms with Gasteiger partial charge in [-0.1, -0.05) is 6.92 Å². The summed E-state index contributed by atoms with van der Waals surface area (Å²) in [5.74, 6) is 2.21. The molecule has 0 spiro atoms. The smallest absolute Gasteiger partial charge is 0.197 e. The zero-order valence-electron chi connectivity index (χ0n) is 9.79. The minimum Gasteiger partial charge on any atom is -0.369 e. The third-order valence-corrected chi connectivity index (χ3v) is 3.56. The van der Waals surface area contributed by atoms with Gasteiger partial charge in [-0.2, -0.15) is 0 Å². The third-order valence-electron chi connectivity index (χ3n) is 2.27. The van der Waals surface area contributed by atoms with Crippen molar-refractivity contribution in [2.45, 2.75) is 20.3 Å². The van der Waals surface area contributed by atoms with Gasteiger partial charge in [-0.3, -0.25) is 0 Å². The van der Waals surface area contributed by atoms with E-state index in [-0.39, 0.29) is 0 Å². The fourth-order valence-electron chi connectivity index (χ4n) is 1.41. The monoisotopic (exact) mass is 343 g/mol. The second-order valence-corrected chi connectivity index (χ2v) is 4.74. The van der Waals surface area contributed by atoms with Crippen molar-refractivity contribution < 1.29 is 0 Å². The molecular weight excluding hydrogens is 329 g/mol. The van der Waals surface area contributed by atoms with Crippen molar-refractivity contribution in [1.29, 1.82) is 0 Å². The molecule has 0 atom stereocenters. The minimum absolute atomic E-state index is 0.631. The highest BCUT2D eigenvalue weighted by Crippen LogP contribution is 2.21. The Balaban J connectivity index is 2.39. The number of hydrogen-bond acceptors (Lipinski definition) is 4. The van der Waals surface area contributed by atoms with E-state index in [1.54, 1.807) is 12.4 Å². The molecule has 17 heavy (non-hydrogen) atoms. The van der Waals surface area contributed by atoms with Crippen LogP contribution in [0.15, 0.2) is 12.4 Å². The van der Waals surface area contributed by atoms with E-state index in [1.165, 1.54) is 0 Å². The number of hydrogen-bond donors (Lipinski definition) is 2. The Morgan fingerprint density at radius 3 is 2.88 bits per heavy atom. The molecule has 0 aromatic carbocycles. The largest absolute Gasteiger partial charge is 0.369 e. The second kappa shape index (κ2) is 5.44. The number of nitrogens with zero attached hydrogens (tertiary/aromatic N) is 3. The number of aryl methyl sites for hydroxylation is 1. The number of aromatic amines is 1. The van der Waals surface area contributed by atoms with Crippen molar-refractivity contribution in [3.05, 3.63) is 21.7 Å². The fraction of sp³-hybridized carbons (Fsp3) is 0.364. The molecule has 90 valence electrons. The van der Waals surface area contributed by atoms with Crippen LogP contribution in [0.1, 0.15) is 19.0 Å². The second-order valence-electron chi connectivity index (χ2n) is 3.66. The molecule has 2 rings (SSSR count). The Hall–Kier alpha value is -1.18. The molecule has 0 radical (unpaired) electrons. The van der Waals surface area contributed by atoms with Gasteiger partial charge in [0.2, 0.25) is 0 Å². The summed E-state index contributed by atoms with van der Waals surface area (Å²) in [7, 11) is 0. The minimum atomic E-state index is 0.631. The van der Waals surface area contributed by atoms with Crippen LogP contribution in [0.25, 0.3) is 11.6 Å². The summed E-state index contributed by atoms with van der Waals surface area (Å²) < 4.78 is 1.06. The van der Waals surface area contributed by atoms with Crippen molar-refractivity contribution in [1.82, 2.24) is 19.9 Å². The Labute approximate surface area is 114 Å². The highest BCUT2D eigenvalue weighted by atomic mass is 127. The SMILES string of the molecule is CCCNc1nc(-c2ncc[nH]2)nc(C)c1I. The summed E-state index contributed by atoms with van der Waals surface area (Å²) in [6.45, 7) is 5.01. The summed E-state index contributed by atoms with van der Waals surface area (Å²) in [6.07, 6.45) is 4.53. The molecule has 0 aliphatic heterocycles. The maximum absolute atomic E-state index is 4.49. The van der Waals surface area contributed by atoms with E-state index in [9.17, 15) is 0 Å². The van der Waals surface area contributed by atoms with Crippen LogP contribution in [-0.2, 0) is 0 Å². The number of H-pyrrole nitrogens is 1. The lowest BCUT2D eigenvalue weighted by atomic mass is 10.4. The summed E-state index contributed by atoms with van der Waals surface area (Å²) in [5.41, 5.74) is 0.964. The number of nitrogens with one attached hydrogen (secondary N) is 2. The van der Waals surface area contributed by atoms with Crippen LogP contribution < -0.4 is 5.32 Å². The van der Waals surface area contributed by atoms with Gasteiger partial charge in [-0.25, -0.2) is 15.0 Å². The molecular formula is C11H14IN5. The van der Waals surface area contributed by atoms with Crippen LogP contribution in [-0.4, -0.2) is 26.5 Å². The zero-order chi connectivity index (χ0) is 12.3. The number of aromatic nitrogens is 4. The van der Waals surface area contributed by atoms with Crippen LogP contribution in [0, 0.1) is 10.5 Å². The first-order valence-corrected chi connectivity index (χ1v) is 6.58. The van der Waals surface area contributed by atoms with Crippen LogP contribution in [0.2, 0.25) is 0 Å². The summed E-state index contributed by atoms with van der Waals surface area (Å²) in [6, 6.07) is 0.